The average Bonchev–Trinajstić information content (AvgIpc) is 3.56. The van der Waals surface area contributed by atoms with Gasteiger partial charge in [-0.1, -0.05) is 11.8 Å². The Balaban J connectivity index is 1.34. The molecule has 0 aromatic carbocycles. The minimum absolute atomic E-state index is 0.0835. The number of hydrazone groups is 1. The Hall–Kier alpha value is -4.38. The van der Waals surface area contributed by atoms with Gasteiger partial charge in [0.25, 0.3) is 18.2 Å². The molecule has 212 valence electrons. The van der Waals surface area contributed by atoms with Crippen LogP contribution in [0.2, 0.25) is 0 Å². The fourth-order valence-electron chi connectivity index (χ4n) is 4.67. The number of piperazine rings is 1. The summed E-state index contributed by atoms with van der Waals surface area (Å²) in [7, 11) is 3.27. The maximum absolute atomic E-state index is 13.7. The number of halogens is 2. The second-order valence-corrected chi connectivity index (χ2v) is 11.0. The Labute approximate surface area is 239 Å². The Morgan fingerprint density at radius 3 is 2.78 bits per heavy atom. The summed E-state index contributed by atoms with van der Waals surface area (Å²) < 4.78 is 32.7. The number of ether oxygens (including phenoxy) is 1. The number of thioether (sulfide) groups is 1. The molecule has 2 aromatic rings. The number of fused-ring (bicyclic) bond motifs is 1. The quantitative estimate of drug-likeness (QED) is 0.515. The molecule has 14 heteroatoms. The zero-order valence-corrected chi connectivity index (χ0v) is 23.0. The lowest BCUT2D eigenvalue weighted by atomic mass is 9.99. The summed E-state index contributed by atoms with van der Waals surface area (Å²) in [4.78, 5) is 40.5. The summed E-state index contributed by atoms with van der Waals surface area (Å²) in [6.45, 7) is 1.56. The molecule has 4 aliphatic rings. The molecule has 41 heavy (non-hydrogen) atoms. The highest BCUT2D eigenvalue weighted by Crippen LogP contribution is 2.37. The first kappa shape index (κ1) is 26.8. The van der Waals surface area contributed by atoms with Gasteiger partial charge in [-0.15, -0.1) is 0 Å². The van der Waals surface area contributed by atoms with Gasteiger partial charge in [0.05, 0.1) is 25.5 Å². The van der Waals surface area contributed by atoms with E-state index in [1.54, 1.807) is 12.3 Å². The standard InChI is InChI=1S/C27H26F2N8O3S/c1-35-13-20-26(39)37(8-7-36(20)14-35)22-10-16(17-9-19(24(28)29)30-12-21(17)40-2)18(11-31-22)25(38)32-27-34-33-23(41-27)6-5-15-3-4-15/h9-13,15,23-24,33H,3-4,7-8,14H2,1-2H3,(H,32,34,38). The zero-order chi connectivity index (χ0) is 28.7. The van der Waals surface area contributed by atoms with Crippen LogP contribution >= 0.6 is 11.8 Å². The minimum Gasteiger partial charge on any atom is -0.494 e. The summed E-state index contributed by atoms with van der Waals surface area (Å²) in [5.41, 5.74) is 3.49. The minimum atomic E-state index is -2.84. The molecule has 1 aliphatic carbocycles. The number of carbonyl (C=O) groups is 2. The van der Waals surface area contributed by atoms with Crippen molar-refractivity contribution in [2.45, 2.75) is 24.6 Å². The van der Waals surface area contributed by atoms with E-state index in [9.17, 15) is 18.4 Å². The third-order valence-corrected chi connectivity index (χ3v) is 7.77. The number of amides is 2. The molecule has 2 amide bonds. The van der Waals surface area contributed by atoms with Crippen molar-refractivity contribution in [2.75, 3.05) is 38.8 Å². The summed E-state index contributed by atoms with van der Waals surface area (Å²) in [6, 6.07) is 2.72. The molecule has 2 fully saturated rings. The van der Waals surface area contributed by atoms with Gasteiger partial charge in [-0.05, 0) is 36.7 Å². The lowest BCUT2D eigenvalue weighted by molar-refractivity contribution is -0.117. The Kier molecular flexibility index (Phi) is 7.12. The van der Waals surface area contributed by atoms with E-state index in [1.165, 1.54) is 42.2 Å². The van der Waals surface area contributed by atoms with E-state index >= 15 is 0 Å². The van der Waals surface area contributed by atoms with Crippen LogP contribution in [0.4, 0.5) is 14.6 Å². The molecular weight excluding hydrogens is 554 g/mol. The number of anilines is 1. The van der Waals surface area contributed by atoms with Crippen LogP contribution in [0.25, 0.3) is 11.1 Å². The highest BCUT2D eigenvalue weighted by Gasteiger charge is 2.35. The van der Waals surface area contributed by atoms with Crippen LogP contribution in [-0.4, -0.2) is 76.0 Å². The van der Waals surface area contributed by atoms with Gasteiger partial charge in [0, 0.05) is 49.6 Å². The molecule has 0 bridgehead atoms. The fourth-order valence-corrected chi connectivity index (χ4v) is 5.38. The van der Waals surface area contributed by atoms with E-state index in [1.807, 2.05) is 16.8 Å². The third-order valence-electron chi connectivity index (χ3n) is 6.90. The number of methoxy groups -OCH3 is 1. The van der Waals surface area contributed by atoms with Crippen LogP contribution in [0.15, 0.2) is 41.5 Å². The van der Waals surface area contributed by atoms with Crippen LogP contribution in [0.5, 0.6) is 5.75 Å². The van der Waals surface area contributed by atoms with Gasteiger partial charge in [-0.3, -0.25) is 30.2 Å². The number of alkyl halides is 2. The van der Waals surface area contributed by atoms with Crippen molar-refractivity contribution >= 4 is 34.6 Å². The van der Waals surface area contributed by atoms with Crippen molar-refractivity contribution in [3.05, 3.63) is 47.7 Å². The Bertz CT molecular complexity index is 1530. The van der Waals surface area contributed by atoms with Crippen LogP contribution in [0.3, 0.4) is 0 Å². The number of hydrogen-bond donors (Lipinski definition) is 2. The van der Waals surface area contributed by atoms with Crippen LogP contribution in [0.1, 0.15) is 35.3 Å². The molecule has 3 aliphatic heterocycles. The predicted molar refractivity (Wildman–Crippen MR) is 149 cm³/mol. The van der Waals surface area contributed by atoms with E-state index < -0.39 is 18.0 Å². The van der Waals surface area contributed by atoms with Crippen LogP contribution in [-0.2, 0) is 4.79 Å². The highest BCUT2D eigenvalue weighted by molar-refractivity contribution is 8.14. The number of nitrogens with zero attached hydrogens (tertiary/aromatic N) is 6. The Morgan fingerprint density at radius 1 is 1.20 bits per heavy atom. The van der Waals surface area contributed by atoms with Gasteiger partial charge < -0.3 is 14.5 Å². The van der Waals surface area contributed by atoms with Crippen molar-refractivity contribution in [3.63, 3.8) is 0 Å². The van der Waals surface area contributed by atoms with Gasteiger partial charge in [-0.2, -0.15) is 5.10 Å². The Morgan fingerprint density at radius 2 is 2.02 bits per heavy atom. The zero-order valence-electron chi connectivity index (χ0n) is 22.2. The molecule has 2 aromatic heterocycles. The SMILES string of the molecule is COc1cnc(C(F)F)cc1-c1cc(N2CCN3CN(C)C=C3C2=O)ncc1C(=O)NC1=NNC(C#CC2CC2)S1. The molecule has 2 N–H and O–H groups in total. The first-order valence-electron chi connectivity index (χ1n) is 12.9. The largest absolute Gasteiger partial charge is 0.494 e. The number of nitrogens with one attached hydrogen (secondary N) is 2. The number of rotatable bonds is 5. The van der Waals surface area contributed by atoms with Crippen molar-refractivity contribution < 1.29 is 23.1 Å². The van der Waals surface area contributed by atoms with Crippen molar-refractivity contribution in [2.24, 2.45) is 11.0 Å². The number of aromatic nitrogens is 2. The lowest BCUT2D eigenvalue weighted by Gasteiger charge is -2.34. The predicted octanol–water partition coefficient (Wildman–Crippen LogP) is 2.56. The molecule has 1 saturated carbocycles. The van der Waals surface area contributed by atoms with Crippen molar-refractivity contribution in [1.29, 1.82) is 0 Å². The third kappa shape index (κ3) is 5.49. The molecule has 1 unspecified atom stereocenters. The molecular formula is C27H26F2N8O3S. The van der Waals surface area contributed by atoms with Gasteiger partial charge in [0.2, 0.25) is 0 Å². The van der Waals surface area contributed by atoms with E-state index in [0.717, 1.165) is 12.8 Å². The summed E-state index contributed by atoms with van der Waals surface area (Å²) in [5, 5.41) is 6.95. The van der Waals surface area contributed by atoms with Gasteiger partial charge in [-0.25, -0.2) is 13.8 Å². The summed E-state index contributed by atoms with van der Waals surface area (Å²) >= 11 is 1.27. The van der Waals surface area contributed by atoms with Gasteiger partial charge >= 0.3 is 0 Å². The van der Waals surface area contributed by atoms with Gasteiger partial charge in [0.15, 0.2) is 10.5 Å². The first-order chi connectivity index (χ1) is 19.8. The summed E-state index contributed by atoms with van der Waals surface area (Å²) in [6.07, 6.45) is 3.64. The molecule has 6 rings (SSSR count). The second-order valence-electron chi connectivity index (χ2n) is 9.89. The second kappa shape index (κ2) is 10.9. The number of carbonyl (C=O) groups excluding carboxylic acids is 2. The number of hydrogen-bond acceptors (Lipinski definition) is 10. The topological polar surface area (TPSA) is 115 Å². The van der Waals surface area contributed by atoms with E-state index in [0.29, 0.717) is 36.5 Å². The van der Waals surface area contributed by atoms with E-state index in [-0.39, 0.29) is 39.5 Å². The van der Waals surface area contributed by atoms with E-state index in [4.69, 9.17) is 4.74 Å². The average molecular weight is 581 g/mol. The molecule has 0 spiro atoms. The molecule has 1 atom stereocenters. The van der Waals surface area contributed by atoms with E-state index in [2.05, 4.69) is 37.7 Å². The monoisotopic (exact) mass is 580 g/mol. The van der Waals surface area contributed by atoms with Crippen molar-refractivity contribution in [1.82, 2.24) is 30.5 Å². The fraction of sp³-hybridized carbons (Fsp3) is 0.370. The van der Waals surface area contributed by atoms with Gasteiger partial charge in [0.1, 0.15) is 23.0 Å². The van der Waals surface area contributed by atoms with Crippen LogP contribution < -0.4 is 20.4 Å². The van der Waals surface area contributed by atoms with Crippen LogP contribution in [0, 0.1) is 17.8 Å². The molecule has 0 radical (unpaired) electrons. The highest BCUT2D eigenvalue weighted by atomic mass is 32.2. The first-order valence-corrected chi connectivity index (χ1v) is 13.8. The maximum Gasteiger partial charge on any atom is 0.280 e. The molecule has 11 nitrogen and oxygen atoms in total. The summed E-state index contributed by atoms with van der Waals surface area (Å²) in [5.74, 6) is 6.35. The van der Waals surface area contributed by atoms with Crippen molar-refractivity contribution in [3.8, 4) is 28.7 Å². The number of pyridine rings is 2. The smallest absolute Gasteiger partial charge is 0.280 e. The number of amidine groups is 1. The molecule has 5 heterocycles. The lowest BCUT2D eigenvalue weighted by Crippen LogP contribution is -2.48. The normalized spacial score (nSPS) is 19.8. The molecule has 1 saturated heterocycles. The maximum atomic E-state index is 13.7.